The molecule has 3 rings (SSSR count). The highest BCUT2D eigenvalue weighted by Crippen LogP contribution is 2.33. The lowest BCUT2D eigenvalue weighted by molar-refractivity contribution is -0.118. The number of para-hydroxylation sites is 1. The van der Waals surface area contributed by atoms with Gasteiger partial charge in [-0.25, -0.2) is 0 Å². The van der Waals surface area contributed by atoms with Crippen LogP contribution >= 0.6 is 0 Å². The summed E-state index contributed by atoms with van der Waals surface area (Å²) in [4.78, 5) is 26.7. The Bertz CT molecular complexity index is 863. The molecule has 0 atom stereocenters. The molecule has 6 heteroatoms. The van der Waals surface area contributed by atoms with Crippen molar-refractivity contribution in [2.24, 2.45) is 0 Å². The van der Waals surface area contributed by atoms with Crippen LogP contribution in [0.25, 0.3) is 0 Å². The summed E-state index contributed by atoms with van der Waals surface area (Å²) in [5.41, 5.74) is 3.09. The van der Waals surface area contributed by atoms with E-state index in [1.165, 1.54) is 14.2 Å². The van der Waals surface area contributed by atoms with Gasteiger partial charge in [-0.15, -0.1) is 0 Å². The van der Waals surface area contributed by atoms with E-state index >= 15 is 0 Å². The molecule has 1 heterocycles. The lowest BCUT2D eigenvalue weighted by Crippen LogP contribution is -2.34. The molecule has 0 saturated heterocycles. The zero-order chi connectivity index (χ0) is 19.4. The topological polar surface area (TPSA) is 67.9 Å². The van der Waals surface area contributed by atoms with Gasteiger partial charge in [-0.05, 0) is 48.7 Å². The number of aryl methyl sites for hydroxylation is 1. The second-order valence-corrected chi connectivity index (χ2v) is 6.34. The predicted octanol–water partition coefficient (Wildman–Crippen LogP) is 3.65. The second-order valence-electron chi connectivity index (χ2n) is 6.34. The van der Waals surface area contributed by atoms with Gasteiger partial charge in [0, 0.05) is 24.3 Å². The molecule has 2 amide bonds. The third-order valence-corrected chi connectivity index (χ3v) is 4.71. The van der Waals surface area contributed by atoms with Crippen molar-refractivity contribution in [1.82, 2.24) is 0 Å². The van der Waals surface area contributed by atoms with Crippen LogP contribution in [-0.2, 0) is 11.2 Å². The number of fused-ring (bicyclic) bond motifs is 1. The Labute approximate surface area is 159 Å². The van der Waals surface area contributed by atoms with Gasteiger partial charge < -0.3 is 19.7 Å². The van der Waals surface area contributed by atoms with E-state index in [1.807, 2.05) is 30.0 Å². The number of anilines is 2. The Morgan fingerprint density at radius 2 is 1.96 bits per heavy atom. The van der Waals surface area contributed by atoms with Crippen molar-refractivity contribution >= 4 is 23.2 Å². The Kier molecular flexibility index (Phi) is 5.64. The van der Waals surface area contributed by atoms with Crippen molar-refractivity contribution in [3.63, 3.8) is 0 Å². The summed E-state index contributed by atoms with van der Waals surface area (Å²) in [6, 6.07) is 10.8. The van der Waals surface area contributed by atoms with Crippen molar-refractivity contribution in [2.75, 3.05) is 31.0 Å². The summed E-state index contributed by atoms with van der Waals surface area (Å²) in [6.07, 6.45) is 2.28. The van der Waals surface area contributed by atoms with Crippen molar-refractivity contribution in [1.29, 1.82) is 0 Å². The monoisotopic (exact) mass is 368 g/mol. The summed E-state index contributed by atoms with van der Waals surface area (Å²) >= 11 is 0. The standard InChI is InChI=1S/C21H24N2O4/c1-4-19(24)23-12-6-7-14-13-15(10-11-17(14)23)22-21(25)16-8-5-9-18(26-2)20(16)27-3/h5,8-11,13H,4,6-7,12H2,1-3H3,(H,22,25). The van der Waals surface area contributed by atoms with E-state index in [0.717, 1.165) is 30.6 Å². The molecule has 142 valence electrons. The van der Waals surface area contributed by atoms with E-state index in [4.69, 9.17) is 9.47 Å². The Morgan fingerprint density at radius 1 is 1.15 bits per heavy atom. The van der Waals surface area contributed by atoms with Crippen LogP contribution in [0.3, 0.4) is 0 Å². The molecular weight excluding hydrogens is 344 g/mol. The average Bonchev–Trinajstić information content (AvgIpc) is 2.71. The number of hydrogen-bond donors (Lipinski definition) is 1. The van der Waals surface area contributed by atoms with Crippen LogP contribution in [0.15, 0.2) is 36.4 Å². The van der Waals surface area contributed by atoms with E-state index < -0.39 is 0 Å². The maximum Gasteiger partial charge on any atom is 0.259 e. The first-order valence-corrected chi connectivity index (χ1v) is 9.04. The normalized spacial score (nSPS) is 12.9. The van der Waals surface area contributed by atoms with Gasteiger partial charge in [0.1, 0.15) is 0 Å². The Balaban J connectivity index is 1.85. The fourth-order valence-corrected chi connectivity index (χ4v) is 3.39. The number of amides is 2. The van der Waals surface area contributed by atoms with Gasteiger partial charge in [-0.3, -0.25) is 9.59 Å². The van der Waals surface area contributed by atoms with Crippen LogP contribution in [0.5, 0.6) is 11.5 Å². The SMILES string of the molecule is CCC(=O)N1CCCc2cc(NC(=O)c3cccc(OC)c3OC)ccc21. The lowest BCUT2D eigenvalue weighted by Gasteiger charge is -2.29. The van der Waals surface area contributed by atoms with Gasteiger partial charge in [0.2, 0.25) is 5.91 Å². The molecule has 0 saturated carbocycles. The summed E-state index contributed by atoms with van der Waals surface area (Å²) in [6.45, 7) is 2.61. The first-order valence-electron chi connectivity index (χ1n) is 9.04. The van der Waals surface area contributed by atoms with Gasteiger partial charge in [0.25, 0.3) is 5.91 Å². The van der Waals surface area contributed by atoms with Crippen molar-refractivity contribution in [3.05, 3.63) is 47.5 Å². The quantitative estimate of drug-likeness (QED) is 0.875. The van der Waals surface area contributed by atoms with E-state index in [9.17, 15) is 9.59 Å². The number of rotatable bonds is 5. The van der Waals surface area contributed by atoms with Gasteiger partial charge in [0.15, 0.2) is 11.5 Å². The number of nitrogens with one attached hydrogen (secondary N) is 1. The molecule has 1 N–H and O–H groups in total. The van der Waals surface area contributed by atoms with E-state index in [1.54, 1.807) is 18.2 Å². The van der Waals surface area contributed by atoms with Gasteiger partial charge in [0.05, 0.1) is 19.8 Å². The lowest BCUT2D eigenvalue weighted by atomic mass is 10.0. The smallest absolute Gasteiger partial charge is 0.259 e. The molecule has 0 aliphatic carbocycles. The van der Waals surface area contributed by atoms with Gasteiger partial charge in [-0.2, -0.15) is 0 Å². The maximum absolute atomic E-state index is 12.7. The molecule has 27 heavy (non-hydrogen) atoms. The summed E-state index contributed by atoms with van der Waals surface area (Å²) in [7, 11) is 3.04. The summed E-state index contributed by atoms with van der Waals surface area (Å²) < 4.78 is 10.6. The van der Waals surface area contributed by atoms with Gasteiger partial charge in [-0.1, -0.05) is 13.0 Å². The third-order valence-electron chi connectivity index (χ3n) is 4.71. The molecule has 2 aromatic carbocycles. The van der Waals surface area contributed by atoms with Crippen LogP contribution in [0.1, 0.15) is 35.7 Å². The van der Waals surface area contributed by atoms with Crippen molar-refractivity contribution < 1.29 is 19.1 Å². The van der Waals surface area contributed by atoms with Crippen LogP contribution < -0.4 is 19.7 Å². The molecule has 0 unspecified atom stereocenters. The van der Waals surface area contributed by atoms with E-state index in [0.29, 0.717) is 29.2 Å². The predicted molar refractivity (Wildman–Crippen MR) is 105 cm³/mol. The first kappa shape index (κ1) is 18.8. The van der Waals surface area contributed by atoms with E-state index in [-0.39, 0.29) is 11.8 Å². The number of carbonyl (C=O) groups excluding carboxylic acids is 2. The number of carbonyl (C=O) groups is 2. The molecule has 0 spiro atoms. The minimum absolute atomic E-state index is 0.119. The largest absolute Gasteiger partial charge is 0.493 e. The third kappa shape index (κ3) is 3.74. The average molecular weight is 368 g/mol. The highest BCUT2D eigenvalue weighted by Gasteiger charge is 2.22. The maximum atomic E-state index is 12.7. The molecule has 0 radical (unpaired) electrons. The highest BCUT2D eigenvalue weighted by molar-refractivity contribution is 6.07. The van der Waals surface area contributed by atoms with Crippen LogP contribution in [0.2, 0.25) is 0 Å². The minimum Gasteiger partial charge on any atom is -0.493 e. The zero-order valence-corrected chi connectivity index (χ0v) is 15.9. The molecule has 0 bridgehead atoms. The van der Waals surface area contributed by atoms with Crippen molar-refractivity contribution in [3.8, 4) is 11.5 Å². The molecule has 2 aromatic rings. The van der Waals surface area contributed by atoms with Crippen LogP contribution in [-0.4, -0.2) is 32.6 Å². The Hall–Kier alpha value is -3.02. The number of benzene rings is 2. The zero-order valence-electron chi connectivity index (χ0n) is 15.9. The number of nitrogens with zero attached hydrogens (tertiary/aromatic N) is 1. The molecule has 1 aliphatic heterocycles. The van der Waals surface area contributed by atoms with E-state index in [2.05, 4.69) is 5.32 Å². The van der Waals surface area contributed by atoms with Gasteiger partial charge >= 0.3 is 0 Å². The summed E-state index contributed by atoms with van der Waals surface area (Å²) in [5.74, 6) is 0.747. The highest BCUT2D eigenvalue weighted by atomic mass is 16.5. The molecule has 0 aromatic heterocycles. The molecule has 0 fully saturated rings. The summed E-state index contributed by atoms with van der Waals surface area (Å²) in [5, 5.41) is 2.91. The molecule has 1 aliphatic rings. The minimum atomic E-state index is -0.275. The van der Waals surface area contributed by atoms with Crippen LogP contribution in [0.4, 0.5) is 11.4 Å². The number of ether oxygens (including phenoxy) is 2. The van der Waals surface area contributed by atoms with Crippen LogP contribution in [0, 0.1) is 0 Å². The fraction of sp³-hybridized carbons (Fsp3) is 0.333. The second kappa shape index (κ2) is 8.12. The Morgan fingerprint density at radius 3 is 2.67 bits per heavy atom. The molecular formula is C21H24N2O4. The first-order chi connectivity index (χ1) is 13.1. The van der Waals surface area contributed by atoms with Crippen molar-refractivity contribution in [2.45, 2.75) is 26.2 Å². The fourth-order valence-electron chi connectivity index (χ4n) is 3.39. The number of hydrogen-bond acceptors (Lipinski definition) is 4. The number of methoxy groups -OCH3 is 2. The molecule has 6 nitrogen and oxygen atoms in total.